The van der Waals surface area contributed by atoms with Gasteiger partial charge >= 0.3 is 0 Å². The number of fused-ring (bicyclic) bond motifs is 1. The van der Waals surface area contributed by atoms with E-state index in [2.05, 4.69) is 21.9 Å². The fraction of sp³-hybridized carbons (Fsp3) is 0.160. The van der Waals surface area contributed by atoms with E-state index in [1.54, 1.807) is 25.1 Å². The van der Waals surface area contributed by atoms with Crippen LogP contribution < -0.4 is 11.1 Å². The molecule has 8 nitrogen and oxygen atoms in total. The van der Waals surface area contributed by atoms with Gasteiger partial charge in [-0.1, -0.05) is 24.8 Å². The van der Waals surface area contributed by atoms with Crippen molar-refractivity contribution in [2.24, 2.45) is 7.05 Å². The van der Waals surface area contributed by atoms with E-state index in [0.717, 1.165) is 27.9 Å². The van der Waals surface area contributed by atoms with Gasteiger partial charge in [0.05, 0.1) is 16.0 Å². The highest BCUT2D eigenvalue weighted by molar-refractivity contribution is 7.90. The highest BCUT2D eigenvalue weighted by Crippen LogP contribution is 2.43. The molecule has 0 saturated carbocycles. The average Bonchev–Trinajstić information content (AvgIpc) is 3.07. The van der Waals surface area contributed by atoms with Crippen LogP contribution >= 0.6 is 0 Å². The molecule has 2 heterocycles. The van der Waals surface area contributed by atoms with Crippen LogP contribution in [-0.2, 0) is 21.7 Å². The number of nitrogens with two attached hydrogens (primary N) is 1. The van der Waals surface area contributed by atoms with Gasteiger partial charge in [0.2, 0.25) is 0 Å². The molecule has 0 spiro atoms. The van der Waals surface area contributed by atoms with Crippen molar-refractivity contribution >= 4 is 38.3 Å². The molecule has 34 heavy (non-hydrogen) atoms. The van der Waals surface area contributed by atoms with Crippen molar-refractivity contribution in [2.45, 2.75) is 18.7 Å². The second-order valence-electron chi connectivity index (χ2n) is 8.30. The Bertz CT molecular complexity index is 1570. The molecule has 9 heteroatoms. The minimum Gasteiger partial charge on any atom is -0.383 e. The van der Waals surface area contributed by atoms with Crippen molar-refractivity contribution in [1.29, 1.82) is 0 Å². The number of benzene rings is 2. The number of aryl methyl sites for hydroxylation is 2. The summed E-state index contributed by atoms with van der Waals surface area (Å²) in [4.78, 5) is 20.9. The van der Waals surface area contributed by atoms with Crippen LogP contribution in [0.3, 0.4) is 0 Å². The summed E-state index contributed by atoms with van der Waals surface area (Å²) in [7, 11) is -1.45. The molecular formula is C25H25N5O3S. The fourth-order valence-corrected chi connectivity index (χ4v) is 4.68. The first-order valence-electron chi connectivity index (χ1n) is 10.5. The zero-order valence-electron chi connectivity index (χ0n) is 19.4. The smallest absolute Gasteiger partial charge is 0.250 e. The molecule has 0 unspecified atom stereocenters. The number of sulfone groups is 1. The third kappa shape index (κ3) is 4.06. The lowest BCUT2D eigenvalue weighted by Gasteiger charge is -2.13. The molecular weight excluding hydrogens is 450 g/mol. The number of carbonyl (C=O) groups is 1. The maximum atomic E-state index is 12.1. The van der Waals surface area contributed by atoms with E-state index >= 15 is 0 Å². The van der Waals surface area contributed by atoms with Crippen molar-refractivity contribution in [1.82, 2.24) is 14.5 Å². The Labute approximate surface area is 198 Å². The molecule has 2 aromatic heterocycles. The summed E-state index contributed by atoms with van der Waals surface area (Å²) in [6, 6.07) is 12.5. The molecule has 0 bridgehead atoms. The van der Waals surface area contributed by atoms with Crippen LogP contribution in [0.25, 0.3) is 33.4 Å². The number of carbonyl (C=O) groups excluding carboxylic acids is 1. The summed E-state index contributed by atoms with van der Waals surface area (Å²) in [5, 5.41) is 3.49. The van der Waals surface area contributed by atoms with Gasteiger partial charge in [-0.3, -0.25) is 4.79 Å². The third-order valence-electron chi connectivity index (χ3n) is 5.70. The van der Waals surface area contributed by atoms with E-state index in [-0.39, 0.29) is 10.8 Å². The fourth-order valence-electron chi connectivity index (χ4n) is 3.97. The molecule has 0 aliphatic heterocycles. The average molecular weight is 476 g/mol. The van der Waals surface area contributed by atoms with Crippen LogP contribution in [0.15, 0.2) is 65.8 Å². The first-order valence-corrected chi connectivity index (χ1v) is 12.4. The Morgan fingerprint density at radius 2 is 1.79 bits per heavy atom. The van der Waals surface area contributed by atoms with Crippen LogP contribution in [-0.4, -0.2) is 35.1 Å². The SMILES string of the molecule is C=C(C)C(=O)Nc1ccc(-c2c(-c3ccc(S(C)(=O)=O)cc3C)c3c(N)ncnc3n2C)cc1. The lowest BCUT2D eigenvalue weighted by Crippen LogP contribution is -2.11. The Balaban J connectivity index is 1.95. The molecule has 174 valence electrons. The minimum absolute atomic E-state index is 0.248. The van der Waals surface area contributed by atoms with E-state index < -0.39 is 9.84 Å². The van der Waals surface area contributed by atoms with E-state index in [4.69, 9.17) is 5.73 Å². The second kappa shape index (κ2) is 8.42. The highest BCUT2D eigenvalue weighted by atomic mass is 32.2. The molecule has 1 amide bonds. The number of nitrogen functional groups attached to an aromatic ring is 1. The number of anilines is 2. The van der Waals surface area contributed by atoms with Crippen LogP contribution in [0, 0.1) is 6.92 Å². The summed E-state index contributed by atoms with van der Waals surface area (Å²) in [6.07, 6.45) is 2.60. The molecule has 0 aliphatic carbocycles. The molecule has 0 radical (unpaired) electrons. The topological polar surface area (TPSA) is 120 Å². The van der Waals surface area contributed by atoms with E-state index in [0.29, 0.717) is 28.1 Å². The Morgan fingerprint density at radius 1 is 1.12 bits per heavy atom. The molecule has 4 rings (SSSR count). The number of aromatic nitrogens is 3. The predicted octanol–water partition coefficient (Wildman–Crippen LogP) is 4.11. The minimum atomic E-state index is -3.35. The Hall–Kier alpha value is -3.98. The zero-order chi connectivity index (χ0) is 24.8. The molecule has 0 atom stereocenters. The molecule has 3 N–H and O–H groups in total. The maximum absolute atomic E-state index is 12.1. The van der Waals surface area contributed by atoms with E-state index in [1.165, 1.54) is 12.6 Å². The quantitative estimate of drug-likeness (QED) is 0.419. The van der Waals surface area contributed by atoms with Crippen molar-refractivity contribution < 1.29 is 13.2 Å². The number of nitrogens with zero attached hydrogens (tertiary/aromatic N) is 3. The van der Waals surface area contributed by atoms with Gasteiger partial charge in [0, 0.05) is 30.1 Å². The monoisotopic (exact) mass is 475 g/mol. The summed E-state index contributed by atoms with van der Waals surface area (Å²) in [5.41, 5.74) is 12.1. The molecule has 0 aliphatic rings. The largest absolute Gasteiger partial charge is 0.383 e. The van der Waals surface area contributed by atoms with Gasteiger partial charge in [0.25, 0.3) is 5.91 Å². The van der Waals surface area contributed by atoms with Gasteiger partial charge in [0.1, 0.15) is 17.8 Å². The van der Waals surface area contributed by atoms with Gasteiger partial charge in [-0.15, -0.1) is 0 Å². The van der Waals surface area contributed by atoms with Gasteiger partial charge in [-0.05, 0) is 54.8 Å². The Kier molecular flexibility index (Phi) is 5.74. The Morgan fingerprint density at radius 3 is 2.38 bits per heavy atom. The number of amides is 1. The van der Waals surface area contributed by atoms with Crippen LogP contribution in [0.5, 0.6) is 0 Å². The molecule has 0 saturated heterocycles. The van der Waals surface area contributed by atoms with Crippen molar-refractivity contribution in [3.05, 3.63) is 66.5 Å². The van der Waals surface area contributed by atoms with E-state index in [9.17, 15) is 13.2 Å². The normalized spacial score (nSPS) is 11.5. The number of nitrogens with one attached hydrogen (secondary N) is 1. The van der Waals surface area contributed by atoms with E-state index in [1.807, 2.05) is 42.8 Å². The van der Waals surface area contributed by atoms with Crippen molar-refractivity contribution in [3.8, 4) is 22.4 Å². The maximum Gasteiger partial charge on any atom is 0.250 e. The second-order valence-corrected chi connectivity index (χ2v) is 10.3. The number of rotatable bonds is 5. The first kappa shape index (κ1) is 23.2. The standard InChI is InChI=1S/C25H25N5O3S/c1-14(2)25(31)29-17-8-6-16(7-9-17)22-20(21-23(26)27-13-28-24(21)30(22)4)19-11-10-18(12-15(19)3)34(5,32)33/h6-13H,1H2,2-5H3,(H,29,31)(H2,26,27,28). The summed E-state index contributed by atoms with van der Waals surface area (Å²) in [6.45, 7) is 7.17. The van der Waals surface area contributed by atoms with Gasteiger partial charge < -0.3 is 15.6 Å². The van der Waals surface area contributed by atoms with Gasteiger partial charge in [-0.25, -0.2) is 18.4 Å². The molecule has 2 aromatic carbocycles. The molecule has 4 aromatic rings. The van der Waals surface area contributed by atoms with Crippen molar-refractivity contribution in [3.63, 3.8) is 0 Å². The van der Waals surface area contributed by atoms with Crippen molar-refractivity contribution in [2.75, 3.05) is 17.3 Å². The van der Waals surface area contributed by atoms with Crippen LogP contribution in [0.4, 0.5) is 11.5 Å². The van der Waals surface area contributed by atoms with Gasteiger partial charge in [0.15, 0.2) is 9.84 Å². The first-order chi connectivity index (χ1) is 16.0. The summed E-state index contributed by atoms with van der Waals surface area (Å²) < 4.78 is 26.1. The lowest BCUT2D eigenvalue weighted by atomic mass is 9.95. The molecule has 0 fully saturated rings. The van der Waals surface area contributed by atoms with Crippen LogP contribution in [0.2, 0.25) is 0 Å². The van der Waals surface area contributed by atoms with Crippen LogP contribution in [0.1, 0.15) is 12.5 Å². The number of hydrogen-bond acceptors (Lipinski definition) is 6. The lowest BCUT2D eigenvalue weighted by molar-refractivity contribution is -0.112. The third-order valence-corrected chi connectivity index (χ3v) is 6.81. The summed E-state index contributed by atoms with van der Waals surface area (Å²) in [5.74, 6) is 0.0847. The highest BCUT2D eigenvalue weighted by Gasteiger charge is 2.23. The zero-order valence-corrected chi connectivity index (χ0v) is 20.2. The van der Waals surface area contributed by atoms with Gasteiger partial charge in [-0.2, -0.15) is 0 Å². The predicted molar refractivity (Wildman–Crippen MR) is 135 cm³/mol. The summed E-state index contributed by atoms with van der Waals surface area (Å²) >= 11 is 0. The number of hydrogen-bond donors (Lipinski definition) is 2.